The summed E-state index contributed by atoms with van der Waals surface area (Å²) in [6, 6.07) is 8.80. The van der Waals surface area contributed by atoms with Crippen LogP contribution >= 0.6 is 11.6 Å². The van der Waals surface area contributed by atoms with Gasteiger partial charge in [0.25, 0.3) is 5.91 Å². The number of carbonyl (C=O) groups excluding carboxylic acids is 1. The predicted molar refractivity (Wildman–Crippen MR) is 86.3 cm³/mol. The Morgan fingerprint density at radius 1 is 1.24 bits per heavy atom. The number of anilines is 2. The maximum Gasteiger partial charge on any atom is 0.258 e. The Morgan fingerprint density at radius 2 is 1.95 bits per heavy atom. The summed E-state index contributed by atoms with van der Waals surface area (Å²) in [4.78, 5) is 12.4. The molecular weight excluding hydrogens is 288 g/mol. The summed E-state index contributed by atoms with van der Waals surface area (Å²) >= 11 is 6.06. The molecule has 0 fully saturated rings. The molecule has 0 bridgehead atoms. The summed E-state index contributed by atoms with van der Waals surface area (Å²) < 4.78 is 5.25. The highest BCUT2D eigenvalue weighted by molar-refractivity contribution is 6.31. The molecular formula is C16H17ClN2O2. The number of nitrogens with one attached hydrogen (secondary N) is 1. The van der Waals surface area contributed by atoms with Crippen molar-refractivity contribution in [3.05, 3.63) is 52.0 Å². The summed E-state index contributed by atoms with van der Waals surface area (Å²) in [6.07, 6.45) is 0. The molecule has 0 heterocycles. The largest absolute Gasteiger partial charge is 0.495 e. The van der Waals surface area contributed by atoms with Gasteiger partial charge in [0.1, 0.15) is 5.75 Å². The van der Waals surface area contributed by atoms with E-state index in [9.17, 15) is 4.79 Å². The molecule has 0 unspecified atom stereocenters. The molecule has 0 radical (unpaired) electrons. The van der Waals surface area contributed by atoms with Crippen molar-refractivity contribution < 1.29 is 9.53 Å². The number of halogens is 1. The third-order valence-corrected chi connectivity index (χ3v) is 3.67. The van der Waals surface area contributed by atoms with E-state index in [1.807, 2.05) is 26.0 Å². The first-order valence-electron chi connectivity index (χ1n) is 6.44. The lowest BCUT2D eigenvalue weighted by molar-refractivity contribution is 0.102. The lowest BCUT2D eigenvalue weighted by Crippen LogP contribution is -2.16. The number of nitrogen functional groups attached to an aromatic ring is 1. The lowest BCUT2D eigenvalue weighted by atomic mass is 10.1. The van der Waals surface area contributed by atoms with Crippen LogP contribution in [-0.4, -0.2) is 13.0 Å². The highest BCUT2D eigenvalue weighted by Gasteiger charge is 2.15. The Balaban J connectivity index is 2.38. The number of ether oxygens (including phenoxy) is 1. The quantitative estimate of drug-likeness (QED) is 0.848. The van der Waals surface area contributed by atoms with Crippen LogP contribution < -0.4 is 15.8 Å². The summed E-state index contributed by atoms with van der Waals surface area (Å²) in [5.41, 5.74) is 9.03. The van der Waals surface area contributed by atoms with Crippen molar-refractivity contribution in [1.82, 2.24) is 0 Å². The molecule has 5 heteroatoms. The van der Waals surface area contributed by atoms with E-state index in [0.29, 0.717) is 27.7 Å². The molecule has 0 aromatic heterocycles. The zero-order valence-electron chi connectivity index (χ0n) is 12.2. The third kappa shape index (κ3) is 3.11. The van der Waals surface area contributed by atoms with Crippen molar-refractivity contribution >= 4 is 28.9 Å². The van der Waals surface area contributed by atoms with E-state index >= 15 is 0 Å². The summed E-state index contributed by atoms with van der Waals surface area (Å²) in [7, 11) is 1.53. The highest BCUT2D eigenvalue weighted by atomic mass is 35.5. The molecule has 2 aromatic carbocycles. The fourth-order valence-corrected chi connectivity index (χ4v) is 2.27. The van der Waals surface area contributed by atoms with E-state index in [1.54, 1.807) is 18.2 Å². The van der Waals surface area contributed by atoms with Gasteiger partial charge in [0.2, 0.25) is 0 Å². The molecule has 0 aliphatic carbocycles. The molecule has 110 valence electrons. The van der Waals surface area contributed by atoms with Crippen LogP contribution in [0.5, 0.6) is 5.75 Å². The number of nitrogens with two attached hydrogens (primary N) is 1. The van der Waals surface area contributed by atoms with Gasteiger partial charge in [-0.1, -0.05) is 23.7 Å². The number of hydrogen-bond donors (Lipinski definition) is 2. The molecule has 2 rings (SSSR count). The molecule has 0 saturated heterocycles. The highest BCUT2D eigenvalue weighted by Crippen LogP contribution is 2.31. The fraction of sp³-hybridized carbons (Fsp3) is 0.188. The van der Waals surface area contributed by atoms with Gasteiger partial charge in [-0.05, 0) is 37.1 Å². The second-order valence-corrected chi connectivity index (χ2v) is 5.20. The minimum absolute atomic E-state index is 0.273. The van der Waals surface area contributed by atoms with Crippen LogP contribution in [0, 0.1) is 13.8 Å². The Hall–Kier alpha value is -2.20. The summed E-state index contributed by atoms with van der Waals surface area (Å²) in [6.45, 7) is 3.70. The molecule has 1 amide bonds. The second kappa shape index (κ2) is 6.06. The lowest BCUT2D eigenvalue weighted by Gasteiger charge is -2.14. The molecule has 3 N–H and O–H groups in total. The molecule has 2 aromatic rings. The number of amides is 1. The van der Waals surface area contributed by atoms with Gasteiger partial charge in [-0.2, -0.15) is 0 Å². The number of aryl methyl sites for hydroxylation is 2. The van der Waals surface area contributed by atoms with Crippen molar-refractivity contribution in [2.24, 2.45) is 0 Å². The monoisotopic (exact) mass is 304 g/mol. The minimum atomic E-state index is -0.273. The van der Waals surface area contributed by atoms with Gasteiger partial charge in [-0.15, -0.1) is 0 Å². The van der Waals surface area contributed by atoms with Crippen LogP contribution in [0.3, 0.4) is 0 Å². The SMILES string of the molecule is COc1cc(Cl)c(C)cc1NC(=O)c1c(C)cccc1N. The molecule has 0 aliphatic rings. The van der Waals surface area contributed by atoms with Gasteiger partial charge in [0.05, 0.1) is 18.4 Å². The topological polar surface area (TPSA) is 64.3 Å². The zero-order chi connectivity index (χ0) is 15.6. The maximum atomic E-state index is 12.4. The van der Waals surface area contributed by atoms with Crippen molar-refractivity contribution in [3.63, 3.8) is 0 Å². The zero-order valence-corrected chi connectivity index (χ0v) is 12.9. The van der Waals surface area contributed by atoms with Gasteiger partial charge in [0, 0.05) is 16.8 Å². The van der Waals surface area contributed by atoms with Crippen molar-refractivity contribution in [3.8, 4) is 5.75 Å². The van der Waals surface area contributed by atoms with Crippen LogP contribution in [0.2, 0.25) is 5.02 Å². The van der Waals surface area contributed by atoms with Crippen LogP contribution in [-0.2, 0) is 0 Å². The third-order valence-electron chi connectivity index (χ3n) is 3.26. The first kappa shape index (κ1) is 15.2. The van der Waals surface area contributed by atoms with E-state index in [1.165, 1.54) is 7.11 Å². The second-order valence-electron chi connectivity index (χ2n) is 4.79. The normalized spacial score (nSPS) is 10.3. The van der Waals surface area contributed by atoms with Gasteiger partial charge >= 0.3 is 0 Å². The van der Waals surface area contributed by atoms with E-state index in [2.05, 4.69) is 5.32 Å². The molecule has 21 heavy (non-hydrogen) atoms. The summed E-state index contributed by atoms with van der Waals surface area (Å²) in [5, 5.41) is 3.41. The number of hydrogen-bond acceptors (Lipinski definition) is 3. The number of rotatable bonds is 3. The average Bonchev–Trinajstić information content (AvgIpc) is 2.42. The number of benzene rings is 2. The van der Waals surface area contributed by atoms with Gasteiger partial charge in [-0.25, -0.2) is 0 Å². The van der Waals surface area contributed by atoms with Crippen LogP contribution in [0.4, 0.5) is 11.4 Å². The maximum absolute atomic E-state index is 12.4. The van der Waals surface area contributed by atoms with Crippen LogP contribution in [0.15, 0.2) is 30.3 Å². The van der Waals surface area contributed by atoms with Crippen LogP contribution in [0.1, 0.15) is 21.5 Å². The number of carbonyl (C=O) groups is 1. The fourth-order valence-electron chi connectivity index (χ4n) is 2.12. The Labute approximate surface area is 128 Å². The van der Waals surface area contributed by atoms with Crippen molar-refractivity contribution in [1.29, 1.82) is 0 Å². The predicted octanol–water partition coefficient (Wildman–Crippen LogP) is 3.80. The van der Waals surface area contributed by atoms with Gasteiger partial charge < -0.3 is 15.8 Å². The van der Waals surface area contributed by atoms with Crippen molar-refractivity contribution in [2.45, 2.75) is 13.8 Å². The Bertz CT molecular complexity index is 679. The van der Waals surface area contributed by atoms with Crippen molar-refractivity contribution in [2.75, 3.05) is 18.2 Å². The minimum Gasteiger partial charge on any atom is -0.495 e. The molecule has 0 spiro atoms. The average molecular weight is 305 g/mol. The van der Waals surface area contributed by atoms with Crippen LogP contribution in [0.25, 0.3) is 0 Å². The van der Waals surface area contributed by atoms with E-state index in [-0.39, 0.29) is 5.91 Å². The van der Waals surface area contributed by atoms with E-state index in [0.717, 1.165) is 11.1 Å². The molecule has 0 aliphatic heterocycles. The Morgan fingerprint density at radius 3 is 2.57 bits per heavy atom. The standard InChI is InChI=1S/C16H17ClN2O2/c1-9-5-4-6-12(18)15(9)16(20)19-13-7-10(2)11(17)8-14(13)21-3/h4-8H,18H2,1-3H3,(H,19,20). The Kier molecular flexibility index (Phi) is 4.38. The van der Waals surface area contributed by atoms with Gasteiger partial charge in [-0.3, -0.25) is 4.79 Å². The van der Waals surface area contributed by atoms with E-state index < -0.39 is 0 Å². The molecule has 0 atom stereocenters. The van der Waals surface area contributed by atoms with Gasteiger partial charge in [0.15, 0.2) is 0 Å². The molecule has 0 saturated carbocycles. The first-order chi connectivity index (χ1) is 9.93. The smallest absolute Gasteiger partial charge is 0.258 e. The number of methoxy groups -OCH3 is 1. The first-order valence-corrected chi connectivity index (χ1v) is 6.82. The molecule has 4 nitrogen and oxygen atoms in total. The summed E-state index contributed by atoms with van der Waals surface area (Å²) in [5.74, 6) is 0.233. The van der Waals surface area contributed by atoms with E-state index in [4.69, 9.17) is 22.1 Å².